The summed E-state index contributed by atoms with van der Waals surface area (Å²) in [6, 6.07) is 6.44. The van der Waals surface area contributed by atoms with Gasteiger partial charge in [0.1, 0.15) is 5.84 Å². The summed E-state index contributed by atoms with van der Waals surface area (Å²) in [5.41, 5.74) is 6.39. The summed E-state index contributed by atoms with van der Waals surface area (Å²) >= 11 is 0. The van der Waals surface area contributed by atoms with Crippen molar-refractivity contribution < 1.29 is 13.2 Å². The lowest BCUT2D eigenvalue weighted by molar-refractivity contribution is 0.0984. The number of hydrogen-bond acceptors (Lipinski definition) is 4. The van der Waals surface area contributed by atoms with Crippen LogP contribution >= 0.6 is 0 Å². The van der Waals surface area contributed by atoms with Crippen molar-refractivity contribution in [1.82, 2.24) is 0 Å². The molecule has 0 bridgehead atoms. The largest absolute Gasteiger partial charge is 0.384 e. The van der Waals surface area contributed by atoms with E-state index in [4.69, 9.17) is 15.9 Å². The van der Waals surface area contributed by atoms with Crippen LogP contribution in [0.15, 0.2) is 24.3 Å². The Bertz CT molecular complexity index is 548. The van der Waals surface area contributed by atoms with Gasteiger partial charge in [0.2, 0.25) is 10.0 Å². The molecule has 104 valence electrons. The maximum absolute atomic E-state index is 12.1. The summed E-state index contributed by atoms with van der Waals surface area (Å²) in [4.78, 5) is 0. The van der Waals surface area contributed by atoms with E-state index in [-0.39, 0.29) is 5.84 Å². The highest BCUT2D eigenvalue weighted by molar-refractivity contribution is 7.93. The number of nitrogen functional groups attached to an aromatic ring is 1. The molecule has 1 aromatic carbocycles. The highest BCUT2D eigenvalue weighted by Gasteiger charge is 2.27. The molecule has 0 spiro atoms. The number of ether oxygens (including phenoxy) is 1. The van der Waals surface area contributed by atoms with Crippen LogP contribution in [-0.4, -0.2) is 32.7 Å². The summed E-state index contributed by atoms with van der Waals surface area (Å²) in [6.07, 6.45) is 1.03. The molecular formula is C12H17N3O3S. The summed E-state index contributed by atoms with van der Waals surface area (Å²) < 4.78 is 32.0. The zero-order chi connectivity index (χ0) is 13.9. The van der Waals surface area contributed by atoms with Crippen LogP contribution in [0.5, 0.6) is 0 Å². The minimum absolute atomic E-state index is 0.0427. The van der Waals surface area contributed by atoms with Gasteiger partial charge in [-0.05, 0) is 37.1 Å². The number of hydrogen-bond donors (Lipinski definition) is 3. The summed E-state index contributed by atoms with van der Waals surface area (Å²) in [7, 11) is -3.38. The number of benzene rings is 1. The van der Waals surface area contributed by atoms with E-state index in [2.05, 4.69) is 4.72 Å². The standard InChI is InChI=1S/C12H17N3O3S/c13-12(14)9-1-3-10(4-2-9)15-19(16,17)11-5-7-18-8-6-11/h1-4,11,15H,5-8H2,(H3,13,14). The van der Waals surface area contributed by atoms with Gasteiger partial charge in [0.15, 0.2) is 0 Å². The highest BCUT2D eigenvalue weighted by Crippen LogP contribution is 2.19. The van der Waals surface area contributed by atoms with Crippen LogP contribution in [0.1, 0.15) is 18.4 Å². The number of anilines is 1. The lowest BCUT2D eigenvalue weighted by Crippen LogP contribution is -2.33. The van der Waals surface area contributed by atoms with E-state index in [9.17, 15) is 8.42 Å². The van der Waals surface area contributed by atoms with Crippen LogP contribution in [0.4, 0.5) is 5.69 Å². The van der Waals surface area contributed by atoms with Gasteiger partial charge in [0.05, 0.1) is 5.25 Å². The van der Waals surface area contributed by atoms with E-state index < -0.39 is 15.3 Å². The number of rotatable bonds is 4. The second kappa shape index (κ2) is 5.58. The fourth-order valence-electron chi connectivity index (χ4n) is 1.95. The first-order valence-corrected chi connectivity index (χ1v) is 7.57. The van der Waals surface area contributed by atoms with Crippen LogP contribution in [0, 0.1) is 5.41 Å². The topological polar surface area (TPSA) is 105 Å². The van der Waals surface area contributed by atoms with Crippen molar-refractivity contribution in [2.45, 2.75) is 18.1 Å². The van der Waals surface area contributed by atoms with Gasteiger partial charge in [-0.2, -0.15) is 0 Å². The molecule has 0 amide bonds. The van der Waals surface area contributed by atoms with E-state index in [0.717, 1.165) is 0 Å². The lowest BCUT2D eigenvalue weighted by Gasteiger charge is -2.22. The van der Waals surface area contributed by atoms with Crippen molar-refractivity contribution in [3.8, 4) is 0 Å². The first kappa shape index (κ1) is 13.8. The first-order valence-electron chi connectivity index (χ1n) is 6.03. The molecule has 4 N–H and O–H groups in total. The zero-order valence-corrected chi connectivity index (χ0v) is 11.2. The fourth-order valence-corrected chi connectivity index (χ4v) is 3.40. The Morgan fingerprint density at radius 3 is 2.37 bits per heavy atom. The van der Waals surface area contributed by atoms with Crippen LogP contribution in [0.3, 0.4) is 0 Å². The molecule has 1 heterocycles. The van der Waals surface area contributed by atoms with Crippen molar-refractivity contribution in [3.05, 3.63) is 29.8 Å². The Kier molecular flexibility index (Phi) is 4.06. The van der Waals surface area contributed by atoms with E-state index in [1.54, 1.807) is 24.3 Å². The van der Waals surface area contributed by atoms with Crippen LogP contribution in [0.25, 0.3) is 0 Å². The van der Waals surface area contributed by atoms with Gasteiger partial charge in [-0.25, -0.2) is 8.42 Å². The van der Waals surface area contributed by atoms with Gasteiger partial charge >= 0.3 is 0 Å². The number of sulfonamides is 1. The molecule has 1 aliphatic heterocycles. The van der Waals surface area contributed by atoms with Gasteiger partial charge in [-0.15, -0.1) is 0 Å². The first-order chi connectivity index (χ1) is 8.99. The zero-order valence-electron chi connectivity index (χ0n) is 10.4. The molecule has 7 heteroatoms. The Balaban J connectivity index is 2.09. The Morgan fingerprint density at radius 2 is 1.84 bits per heavy atom. The SMILES string of the molecule is N=C(N)c1ccc(NS(=O)(=O)C2CCOCC2)cc1. The fraction of sp³-hybridized carbons (Fsp3) is 0.417. The molecule has 0 radical (unpaired) electrons. The van der Waals surface area contributed by atoms with Crippen molar-refractivity contribution in [2.75, 3.05) is 17.9 Å². The highest BCUT2D eigenvalue weighted by atomic mass is 32.2. The number of amidine groups is 1. The minimum atomic E-state index is -3.38. The average molecular weight is 283 g/mol. The molecule has 19 heavy (non-hydrogen) atoms. The minimum Gasteiger partial charge on any atom is -0.384 e. The summed E-state index contributed by atoms with van der Waals surface area (Å²) in [5, 5.41) is 6.86. The molecule has 0 saturated carbocycles. The monoisotopic (exact) mass is 283 g/mol. The molecule has 0 unspecified atom stereocenters. The Morgan fingerprint density at radius 1 is 1.26 bits per heavy atom. The molecule has 0 aliphatic carbocycles. The van der Waals surface area contributed by atoms with E-state index in [0.29, 0.717) is 37.3 Å². The Hall–Kier alpha value is -1.60. The predicted molar refractivity (Wildman–Crippen MR) is 73.8 cm³/mol. The Labute approximate surface area is 112 Å². The van der Waals surface area contributed by atoms with E-state index in [1.165, 1.54) is 0 Å². The maximum Gasteiger partial charge on any atom is 0.235 e. The molecule has 0 atom stereocenters. The van der Waals surface area contributed by atoms with Crippen LogP contribution in [0.2, 0.25) is 0 Å². The molecule has 1 aliphatic rings. The normalized spacial score (nSPS) is 17.1. The molecular weight excluding hydrogens is 266 g/mol. The number of nitrogens with one attached hydrogen (secondary N) is 2. The van der Waals surface area contributed by atoms with Crippen LogP contribution < -0.4 is 10.5 Å². The smallest absolute Gasteiger partial charge is 0.235 e. The van der Waals surface area contributed by atoms with Gasteiger partial charge in [-0.1, -0.05) is 0 Å². The summed E-state index contributed by atoms with van der Waals surface area (Å²) in [6.45, 7) is 0.962. The third-order valence-corrected chi connectivity index (χ3v) is 4.93. The molecule has 0 aromatic heterocycles. The second-order valence-electron chi connectivity index (χ2n) is 4.45. The predicted octanol–water partition coefficient (Wildman–Crippen LogP) is 0.891. The van der Waals surface area contributed by atoms with Gasteiger partial charge in [0.25, 0.3) is 0 Å². The van der Waals surface area contributed by atoms with Crippen molar-refractivity contribution in [1.29, 1.82) is 5.41 Å². The third kappa shape index (κ3) is 3.45. The third-order valence-electron chi connectivity index (χ3n) is 3.06. The van der Waals surface area contributed by atoms with E-state index >= 15 is 0 Å². The molecule has 2 rings (SSSR count). The molecule has 1 saturated heterocycles. The van der Waals surface area contributed by atoms with Crippen molar-refractivity contribution in [2.24, 2.45) is 5.73 Å². The maximum atomic E-state index is 12.1. The molecule has 1 fully saturated rings. The summed E-state index contributed by atoms with van der Waals surface area (Å²) in [5.74, 6) is -0.0427. The van der Waals surface area contributed by atoms with Gasteiger partial charge in [0, 0.05) is 24.5 Å². The van der Waals surface area contributed by atoms with E-state index in [1.807, 2.05) is 0 Å². The molecule has 1 aromatic rings. The quantitative estimate of drug-likeness (QED) is 0.563. The average Bonchev–Trinajstić information content (AvgIpc) is 2.40. The number of nitrogens with two attached hydrogens (primary N) is 1. The van der Waals surface area contributed by atoms with Gasteiger partial charge < -0.3 is 10.5 Å². The van der Waals surface area contributed by atoms with Crippen molar-refractivity contribution in [3.63, 3.8) is 0 Å². The second-order valence-corrected chi connectivity index (χ2v) is 6.41. The molecule has 6 nitrogen and oxygen atoms in total. The lowest BCUT2D eigenvalue weighted by atomic mass is 10.2. The van der Waals surface area contributed by atoms with Gasteiger partial charge in [-0.3, -0.25) is 10.1 Å². The van der Waals surface area contributed by atoms with Crippen LogP contribution in [-0.2, 0) is 14.8 Å². The van der Waals surface area contributed by atoms with Crippen molar-refractivity contribution >= 4 is 21.5 Å².